The number of carbonyl (C=O) groups excluding carboxylic acids is 2. The number of pyridine rings is 2. The number of methoxy groups -OCH3 is 1. The summed E-state index contributed by atoms with van der Waals surface area (Å²) in [5, 5.41) is 2.99. The summed E-state index contributed by atoms with van der Waals surface area (Å²) >= 11 is 0. The second-order valence-corrected chi connectivity index (χ2v) is 9.68. The van der Waals surface area contributed by atoms with Crippen molar-refractivity contribution in [3.63, 3.8) is 0 Å². The Labute approximate surface area is 226 Å². The maximum absolute atomic E-state index is 13.0. The van der Waals surface area contributed by atoms with Crippen LogP contribution < -0.4 is 15.8 Å². The van der Waals surface area contributed by atoms with Gasteiger partial charge in [0, 0.05) is 61.7 Å². The third kappa shape index (κ3) is 5.55. The zero-order valence-corrected chi connectivity index (χ0v) is 22.2. The van der Waals surface area contributed by atoms with Crippen molar-refractivity contribution in [3.05, 3.63) is 88.4 Å². The SMILES string of the molecule is COC(=O)N1c2ccc3c(nc(CCn4ccccc4=O)n3CC(=O)NCCc3ccccn3)c2CC[C@@H]1C. The van der Waals surface area contributed by atoms with Gasteiger partial charge in [0.15, 0.2) is 0 Å². The molecule has 0 fully saturated rings. The Morgan fingerprint density at radius 3 is 2.72 bits per heavy atom. The van der Waals surface area contributed by atoms with Gasteiger partial charge in [-0.05, 0) is 50.1 Å². The van der Waals surface area contributed by atoms with E-state index in [1.54, 1.807) is 27.9 Å². The topological polar surface area (TPSA) is 111 Å². The minimum absolute atomic E-state index is 0.00112. The van der Waals surface area contributed by atoms with Crippen molar-refractivity contribution < 1.29 is 14.3 Å². The molecule has 1 aliphatic rings. The van der Waals surface area contributed by atoms with E-state index in [4.69, 9.17) is 9.72 Å². The molecule has 39 heavy (non-hydrogen) atoms. The van der Waals surface area contributed by atoms with Gasteiger partial charge >= 0.3 is 6.09 Å². The summed E-state index contributed by atoms with van der Waals surface area (Å²) in [6.45, 7) is 2.99. The van der Waals surface area contributed by atoms with Crippen molar-refractivity contribution in [3.8, 4) is 0 Å². The number of hydrogen-bond donors (Lipinski definition) is 1. The molecule has 2 amide bonds. The van der Waals surface area contributed by atoms with E-state index in [1.165, 1.54) is 13.2 Å². The molecule has 5 rings (SSSR count). The normalized spacial score (nSPS) is 14.7. The number of carbonyl (C=O) groups is 2. The van der Waals surface area contributed by atoms with Crippen LogP contribution in [0.4, 0.5) is 10.5 Å². The lowest BCUT2D eigenvalue weighted by Gasteiger charge is -2.34. The highest BCUT2D eigenvalue weighted by Gasteiger charge is 2.31. The Balaban J connectivity index is 1.45. The Morgan fingerprint density at radius 2 is 1.95 bits per heavy atom. The fraction of sp³-hybridized carbons (Fsp3) is 0.345. The van der Waals surface area contributed by atoms with Gasteiger partial charge in [-0.2, -0.15) is 0 Å². The van der Waals surface area contributed by atoms with Crippen LogP contribution in [0.15, 0.2) is 65.7 Å². The van der Waals surface area contributed by atoms with Gasteiger partial charge in [-0.3, -0.25) is 19.5 Å². The van der Waals surface area contributed by atoms with Crippen LogP contribution in [-0.2, 0) is 41.9 Å². The lowest BCUT2D eigenvalue weighted by Crippen LogP contribution is -2.42. The van der Waals surface area contributed by atoms with Crippen molar-refractivity contribution in [1.29, 1.82) is 0 Å². The standard InChI is InChI=1S/C29H32N6O4/c1-20-9-10-22-23(35(20)29(38)39-2)11-12-24-28(22)32-25(14-18-33-17-6-4-8-27(33)37)34(24)19-26(36)31-16-13-21-7-3-5-15-30-21/h3-8,11-12,15,17,20H,9-10,13-14,16,18-19H2,1-2H3,(H,31,36)/t20-/m0/s1. The number of nitrogens with one attached hydrogen (secondary N) is 1. The minimum atomic E-state index is -0.404. The number of anilines is 1. The van der Waals surface area contributed by atoms with Gasteiger partial charge in [-0.1, -0.05) is 12.1 Å². The number of nitrogens with zero attached hydrogens (tertiary/aromatic N) is 5. The highest BCUT2D eigenvalue weighted by molar-refractivity contribution is 5.95. The molecule has 10 heteroatoms. The highest BCUT2D eigenvalue weighted by atomic mass is 16.5. The van der Waals surface area contributed by atoms with Crippen molar-refractivity contribution in [2.45, 2.75) is 51.7 Å². The van der Waals surface area contributed by atoms with Crippen molar-refractivity contribution in [1.82, 2.24) is 24.4 Å². The summed E-state index contributed by atoms with van der Waals surface area (Å²) in [5.41, 5.74) is 4.16. The van der Waals surface area contributed by atoms with Crippen LogP contribution in [0.3, 0.4) is 0 Å². The molecule has 3 aromatic heterocycles. The summed E-state index contributed by atoms with van der Waals surface area (Å²) in [6.07, 6.45) is 5.71. The first kappa shape index (κ1) is 26.1. The molecule has 4 aromatic rings. The van der Waals surface area contributed by atoms with E-state index < -0.39 is 6.09 Å². The second-order valence-electron chi connectivity index (χ2n) is 9.68. The van der Waals surface area contributed by atoms with Gasteiger partial charge in [-0.25, -0.2) is 9.78 Å². The quantitative estimate of drug-likeness (QED) is 0.376. The number of rotatable bonds is 8. The van der Waals surface area contributed by atoms with Gasteiger partial charge in [0.05, 0.1) is 23.8 Å². The third-order valence-electron chi connectivity index (χ3n) is 7.17. The average molecular weight is 529 g/mol. The van der Waals surface area contributed by atoms with Gasteiger partial charge in [0.2, 0.25) is 5.91 Å². The molecule has 0 saturated carbocycles. The van der Waals surface area contributed by atoms with Gasteiger partial charge in [0.25, 0.3) is 5.56 Å². The van der Waals surface area contributed by atoms with Crippen LogP contribution >= 0.6 is 0 Å². The summed E-state index contributed by atoms with van der Waals surface area (Å²) in [4.78, 5) is 48.8. The molecule has 1 atom stereocenters. The summed E-state index contributed by atoms with van der Waals surface area (Å²) < 4.78 is 8.60. The number of hydrogen-bond acceptors (Lipinski definition) is 6. The highest BCUT2D eigenvalue weighted by Crippen LogP contribution is 2.36. The number of ether oxygens (including phenoxy) is 1. The van der Waals surface area contributed by atoms with E-state index in [-0.39, 0.29) is 24.1 Å². The monoisotopic (exact) mass is 528 g/mol. The van der Waals surface area contributed by atoms with Gasteiger partial charge in [0.1, 0.15) is 12.4 Å². The van der Waals surface area contributed by atoms with Crippen molar-refractivity contribution in [2.24, 2.45) is 0 Å². The Morgan fingerprint density at radius 1 is 1.10 bits per heavy atom. The molecule has 0 aliphatic carbocycles. The van der Waals surface area contributed by atoms with Crippen molar-refractivity contribution in [2.75, 3.05) is 18.6 Å². The molecule has 0 bridgehead atoms. The largest absolute Gasteiger partial charge is 0.452 e. The fourth-order valence-corrected chi connectivity index (χ4v) is 5.16. The second kappa shape index (κ2) is 11.5. The van der Waals surface area contributed by atoms with Crippen molar-refractivity contribution >= 4 is 28.7 Å². The number of aromatic nitrogens is 4. The van der Waals surface area contributed by atoms with E-state index in [0.717, 1.165) is 40.8 Å². The van der Waals surface area contributed by atoms with E-state index >= 15 is 0 Å². The smallest absolute Gasteiger partial charge is 0.414 e. The predicted octanol–water partition coefficient (Wildman–Crippen LogP) is 3.10. The molecule has 0 unspecified atom stereocenters. The first-order valence-electron chi connectivity index (χ1n) is 13.2. The Hall–Kier alpha value is -4.47. The molecule has 0 saturated heterocycles. The van der Waals surface area contributed by atoms with E-state index in [2.05, 4.69) is 10.3 Å². The number of amides is 2. The molecular weight excluding hydrogens is 496 g/mol. The Bertz CT molecular complexity index is 1540. The van der Waals surface area contributed by atoms with Crippen LogP contribution in [0.5, 0.6) is 0 Å². The lowest BCUT2D eigenvalue weighted by atomic mass is 9.96. The number of benzene rings is 1. The molecule has 0 radical (unpaired) electrons. The Kier molecular flexibility index (Phi) is 7.72. The molecule has 202 valence electrons. The van der Waals surface area contributed by atoms with Crippen LogP contribution in [0.1, 0.15) is 30.4 Å². The molecule has 1 N–H and O–H groups in total. The zero-order chi connectivity index (χ0) is 27.4. The molecule has 0 spiro atoms. The summed E-state index contributed by atoms with van der Waals surface area (Å²) in [6, 6.07) is 14.6. The van der Waals surface area contributed by atoms with E-state index in [1.807, 2.05) is 47.9 Å². The maximum atomic E-state index is 13.0. The predicted molar refractivity (Wildman–Crippen MR) is 148 cm³/mol. The van der Waals surface area contributed by atoms with Crippen LogP contribution in [0.2, 0.25) is 0 Å². The van der Waals surface area contributed by atoms with Gasteiger partial charge in [-0.15, -0.1) is 0 Å². The molecule has 1 aliphatic heterocycles. The van der Waals surface area contributed by atoms with E-state index in [0.29, 0.717) is 31.8 Å². The molecule has 4 heterocycles. The summed E-state index contributed by atoms with van der Waals surface area (Å²) in [7, 11) is 1.38. The number of aryl methyl sites for hydroxylation is 3. The molecule has 10 nitrogen and oxygen atoms in total. The maximum Gasteiger partial charge on any atom is 0.414 e. The molecule has 1 aromatic carbocycles. The first-order chi connectivity index (χ1) is 19.0. The van der Waals surface area contributed by atoms with Crippen LogP contribution in [-0.4, -0.2) is 50.8 Å². The summed E-state index contributed by atoms with van der Waals surface area (Å²) in [5.74, 6) is 0.572. The number of imidazole rings is 1. The third-order valence-corrected chi connectivity index (χ3v) is 7.17. The minimum Gasteiger partial charge on any atom is -0.452 e. The molecular formula is C29H32N6O4. The number of fused-ring (bicyclic) bond motifs is 3. The van der Waals surface area contributed by atoms with Gasteiger partial charge < -0.3 is 19.2 Å². The first-order valence-corrected chi connectivity index (χ1v) is 13.2. The zero-order valence-electron chi connectivity index (χ0n) is 22.2. The van der Waals surface area contributed by atoms with Crippen LogP contribution in [0.25, 0.3) is 11.0 Å². The van der Waals surface area contributed by atoms with E-state index in [9.17, 15) is 14.4 Å². The lowest BCUT2D eigenvalue weighted by molar-refractivity contribution is -0.121. The fourth-order valence-electron chi connectivity index (χ4n) is 5.16. The van der Waals surface area contributed by atoms with Crippen LogP contribution in [0, 0.1) is 0 Å². The average Bonchev–Trinajstić information content (AvgIpc) is 3.29.